The van der Waals surface area contributed by atoms with E-state index in [2.05, 4.69) is 11.8 Å². The molecule has 2 aliphatic rings. The van der Waals surface area contributed by atoms with Gasteiger partial charge in [0.05, 0.1) is 24.9 Å². The first kappa shape index (κ1) is 20.3. The minimum Gasteiger partial charge on any atom is -0.399 e. The Morgan fingerprint density at radius 3 is 2.55 bits per heavy atom. The van der Waals surface area contributed by atoms with Crippen molar-refractivity contribution in [3.63, 3.8) is 0 Å². The van der Waals surface area contributed by atoms with Gasteiger partial charge in [-0.2, -0.15) is 0 Å². The molecule has 2 aromatic rings. The smallest absolute Gasteiger partial charge is 0.185 e. The van der Waals surface area contributed by atoms with Gasteiger partial charge in [0.2, 0.25) is 0 Å². The van der Waals surface area contributed by atoms with Crippen LogP contribution in [0.1, 0.15) is 42.4 Å². The van der Waals surface area contributed by atoms with E-state index in [4.69, 9.17) is 15.2 Å². The number of rotatable bonds is 5. The molecule has 2 saturated heterocycles. The third-order valence-corrected chi connectivity index (χ3v) is 5.99. The summed E-state index contributed by atoms with van der Waals surface area (Å²) in [5.41, 5.74) is 9.51. The molecule has 2 heterocycles. The van der Waals surface area contributed by atoms with Gasteiger partial charge in [-0.1, -0.05) is 43.3 Å². The van der Waals surface area contributed by atoms with E-state index < -0.39 is 6.29 Å². The molecule has 0 amide bonds. The number of benzene rings is 2. The summed E-state index contributed by atoms with van der Waals surface area (Å²) in [7, 11) is 0. The minimum absolute atomic E-state index is 0.0241. The molecule has 0 spiro atoms. The van der Waals surface area contributed by atoms with Gasteiger partial charge >= 0.3 is 0 Å². The number of nitrogens with zero attached hydrogens (tertiary/aromatic N) is 1. The van der Waals surface area contributed by atoms with E-state index in [9.17, 15) is 10.2 Å². The van der Waals surface area contributed by atoms with Gasteiger partial charge in [-0.25, -0.2) is 0 Å². The van der Waals surface area contributed by atoms with Gasteiger partial charge in [-0.05, 0) is 29.7 Å². The fraction of sp³-hybridized carbons (Fsp3) is 0.478. The number of hydrogen-bond acceptors (Lipinski definition) is 6. The van der Waals surface area contributed by atoms with Crippen molar-refractivity contribution in [2.75, 3.05) is 25.4 Å². The third-order valence-electron chi connectivity index (χ3n) is 5.99. The summed E-state index contributed by atoms with van der Waals surface area (Å²) in [6, 6.07) is 15.5. The predicted octanol–water partition coefficient (Wildman–Crippen LogP) is 2.62. The van der Waals surface area contributed by atoms with Crippen LogP contribution in [-0.4, -0.2) is 47.0 Å². The van der Waals surface area contributed by atoms with Gasteiger partial charge in [0.25, 0.3) is 0 Å². The van der Waals surface area contributed by atoms with E-state index in [1.54, 1.807) is 0 Å². The highest BCUT2D eigenvalue weighted by atomic mass is 16.7. The summed E-state index contributed by atoms with van der Waals surface area (Å²) in [5, 5.41) is 19.2. The SMILES string of the molecule is C[C@H]1[C@@H](CN2CC[C@@H](O)C2)OC(c2cccc(N)c2)O[C@H]1c1ccc(CO)cc1. The molecule has 29 heavy (non-hydrogen) atoms. The van der Waals surface area contributed by atoms with Crippen LogP contribution in [0.2, 0.25) is 0 Å². The van der Waals surface area contributed by atoms with Gasteiger partial charge in [-0.3, -0.25) is 4.90 Å². The number of aliphatic hydroxyl groups excluding tert-OH is 2. The number of likely N-dealkylation sites (tertiary alicyclic amines) is 1. The molecular weight excluding hydrogens is 368 g/mol. The van der Waals surface area contributed by atoms with Crippen LogP contribution in [0, 0.1) is 5.92 Å². The molecule has 2 aliphatic heterocycles. The highest BCUT2D eigenvalue weighted by Crippen LogP contribution is 2.42. The van der Waals surface area contributed by atoms with Crippen molar-refractivity contribution in [1.82, 2.24) is 4.90 Å². The Labute approximate surface area is 171 Å². The Morgan fingerprint density at radius 2 is 1.90 bits per heavy atom. The van der Waals surface area contributed by atoms with E-state index in [-0.39, 0.29) is 30.8 Å². The Kier molecular flexibility index (Phi) is 6.18. The second-order valence-electron chi connectivity index (χ2n) is 8.19. The van der Waals surface area contributed by atoms with Crippen LogP contribution in [0.3, 0.4) is 0 Å². The molecule has 2 fully saturated rings. The molecule has 4 N–H and O–H groups in total. The molecule has 1 unspecified atom stereocenters. The van der Waals surface area contributed by atoms with Gasteiger partial charge in [0.15, 0.2) is 6.29 Å². The number of nitrogens with two attached hydrogens (primary N) is 1. The maximum atomic E-state index is 9.89. The Morgan fingerprint density at radius 1 is 1.10 bits per heavy atom. The molecule has 2 aromatic carbocycles. The quantitative estimate of drug-likeness (QED) is 0.671. The second kappa shape index (κ2) is 8.81. The molecule has 6 nitrogen and oxygen atoms in total. The van der Waals surface area contributed by atoms with Crippen LogP contribution < -0.4 is 5.73 Å². The fourth-order valence-electron chi connectivity index (χ4n) is 4.27. The van der Waals surface area contributed by atoms with Crippen molar-refractivity contribution in [2.24, 2.45) is 5.92 Å². The van der Waals surface area contributed by atoms with E-state index in [1.165, 1.54) is 0 Å². The largest absolute Gasteiger partial charge is 0.399 e. The summed E-state index contributed by atoms with van der Waals surface area (Å²) in [6.45, 7) is 4.50. The topological polar surface area (TPSA) is 88.2 Å². The monoisotopic (exact) mass is 398 g/mol. The molecule has 5 atom stereocenters. The van der Waals surface area contributed by atoms with E-state index in [0.29, 0.717) is 12.2 Å². The molecule has 0 radical (unpaired) electrons. The average Bonchev–Trinajstić information content (AvgIpc) is 3.14. The lowest BCUT2D eigenvalue weighted by Crippen LogP contribution is -2.44. The zero-order valence-electron chi connectivity index (χ0n) is 16.8. The molecule has 156 valence electrons. The lowest BCUT2D eigenvalue weighted by molar-refractivity contribution is -0.276. The van der Waals surface area contributed by atoms with Crippen LogP contribution in [0.15, 0.2) is 48.5 Å². The van der Waals surface area contributed by atoms with Crippen LogP contribution in [-0.2, 0) is 16.1 Å². The highest BCUT2D eigenvalue weighted by molar-refractivity contribution is 5.41. The first-order chi connectivity index (χ1) is 14.0. The standard InChI is InChI=1S/C23H30N2O4/c1-15-21(13-25-10-9-20(27)12-25)28-23(18-3-2-4-19(24)11-18)29-22(15)17-7-5-16(14-26)6-8-17/h2-8,11,15,20-23,26-27H,9-10,12-14,24H2,1H3/t15-,20+,21+,22+,23?/m0/s1. The van der Waals surface area contributed by atoms with Crippen molar-refractivity contribution in [3.05, 3.63) is 65.2 Å². The Balaban J connectivity index is 1.59. The molecule has 4 rings (SSSR count). The number of aliphatic hydroxyl groups is 2. The van der Waals surface area contributed by atoms with Crippen LogP contribution >= 0.6 is 0 Å². The summed E-state index contributed by atoms with van der Waals surface area (Å²) in [5.74, 6) is 0.130. The zero-order valence-corrected chi connectivity index (χ0v) is 16.8. The second-order valence-corrected chi connectivity index (χ2v) is 8.19. The van der Waals surface area contributed by atoms with Gasteiger partial charge < -0.3 is 25.4 Å². The minimum atomic E-state index is -0.505. The van der Waals surface area contributed by atoms with Crippen molar-refractivity contribution < 1.29 is 19.7 Å². The average molecular weight is 399 g/mol. The van der Waals surface area contributed by atoms with E-state index >= 15 is 0 Å². The van der Waals surface area contributed by atoms with Crippen molar-refractivity contribution in [3.8, 4) is 0 Å². The summed E-state index contributed by atoms with van der Waals surface area (Å²) in [6.07, 6.45) is -0.127. The number of nitrogen functional groups attached to an aromatic ring is 1. The lowest BCUT2D eigenvalue weighted by atomic mass is 9.90. The van der Waals surface area contributed by atoms with Crippen LogP contribution in [0.25, 0.3) is 0 Å². The van der Waals surface area contributed by atoms with Gasteiger partial charge in [0, 0.05) is 36.8 Å². The number of anilines is 1. The number of β-amino-alcohol motifs (C(OH)–C–C–N with tert-alkyl or cyclic N) is 1. The molecule has 0 bridgehead atoms. The van der Waals surface area contributed by atoms with E-state index in [1.807, 2.05) is 48.5 Å². The maximum Gasteiger partial charge on any atom is 0.185 e. The highest BCUT2D eigenvalue weighted by Gasteiger charge is 2.39. The molecule has 0 saturated carbocycles. The van der Waals surface area contributed by atoms with Crippen LogP contribution in [0.5, 0.6) is 0 Å². The summed E-state index contributed by atoms with van der Waals surface area (Å²) >= 11 is 0. The summed E-state index contributed by atoms with van der Waals surface area (Å²) in [4.78, 5) is 2.26. The molecule has 0 aliphatic carbocycles. The Bertz CT molecular complexity index is 813. The number of hydrogen-bond donors (Lipinski definition) is 3. The molecule has 0 aromatic heterocycles. The first-order valence-corrected chi connectivity index (χ1v) is 10.3. The number of ether oxygens (including phenoxy) is 2. The Hall–Kier alpha value is -1.96. The van der Waals surface area contributed by atoms with Crippen molar-refractivity contribution in [1.29, 1.82) is 0 Å². The zero-order chi connectivity index (χ0) is 20.4. The summed E-state index contributed by atoms with van der Waals surface area (Å²) < 4.78 is 12.8. The van der Waals surface area contributed by atoms with Gasteiger partial charge in [0.1, 0.15) is 0 Å². The third kappa shape index (κ3) is 4.63. The van der Waals surface area contributed by atoms with Crippen molar-refractivity contribution >= 4 is 5.69 Å². The maximum absolute atomic E-state index is 9.89. The lowest BCUT2D eigenvalue weighted by Gasteiger charge is -2.42. The first-order valence-electron chi connectivity index (χ1n) is 10.3. The predicted molar refractivity (Wildman–Crippen MR) is 111 cm³/mol. The molecular formula is C23H30N2O4. The fourth-order valence-corrected chi connectivity index (χ4v) is 4.27. The van der Waals surface area contributed by atoms with Crippen LogP contribution in [0.4, 0.5) is 5.69 Å². The van der Waals surface area contributed by atoms with Gasteiger partial charge in [-0.15, -0.1) is 0 Å². The van der Waals surface area contributed by atoms with E-state index in [0.717, 1.165) is 36.2 Å². The van der Waals surface area contributed by atoms with Crippen molar-refractivity contribution in [2.45, 2.75) is 44.6 Å². The molecule has 6 heteroatoms. The normalized spacial score (nSPS) is 30.5.